The van der Waals surface area contributed by atoms with Crippen molar-refractivity contribution in [2.24, 2.45) is 0 Å². The predicted molar refractivity (Wildman–Crippen MR) is 126 cm³/mol. The second kappa shape index (κ2) is 9.48. The van der Waals surface area contributed by atoms with E-state index >= 15 is 0 Å². The number of benzene rings is 3. The summed E-state index contributed by atoms with van der Waals surface area (Å²) in [5.74, 6) is 0.846. The van der Waals surface area contributed by atoms with Gasteiger partial charge >= 0.3 is 0 Å². The maximum atomic E-state index is 13.2. The zero-order chi connectivity index (χ0) is 23.4. The maximum absolute atomic E-state index is 13.2. The Labute approximate surface area is 190 Å². The summed E-state index contributed by atoms with van der Waals surface area (Å²) < 4.78 is 22.2. The minimum absolute atomic E-state index is 0.0139. The van der Waals surface area contributed by atoms with Gasteiger partial charge in [0.2, 0.25) is 11.2 Å². The Morgan fingerprint density at radius 3 is 2.42 bits per heavy atom. The highest BCUT2D eigenvalue weighted by Crippen LogP contribution is 2.32. The van der Waals surface area contributed by atoms with Gasteiger partial charge in [-0.1, -0.05) is 36.4 Å². The van der Waals surface area contributed by atoms with Crippen LogP contribution in [0, 0.1) is 6.92 Å². The molecule has 7 nitrogen and oxygen atoms in total. The van der Waals surface area contributed by atoms with E-state index in [1.807, 2.05) is 43.3 Å². The number of hydrogen-bond acceptors (Lipinski definition) is 6. The number of rotatable bonds is 7. The largest absolute Gasteiger partial charge is 0.493 e. The van der Waals surface area contributed by atoms with Crippen molar-refractivity contribution >= 4 is 22.6 Å². The number of methoxy groups -OCH3 is 2. The highest BCUT2D eigenvalue weighted by Gasteiger charge is 2.19. The third-order valence-electron chi connectivity index (χ3n) is 5.06. The summed E-state index contributed by atoms with van der Waals surface area (Å²) in [6.45, 7) is 1.54. The van der Waals surface area contributed by atoms with Crippen molar-refractivity contribution in [1.29, 1.82) is 0 Å². The van der Waals surface area contributed by atoms with Crippen LogP contribution in [0.4, 0.5) is 5.69 Å². The van der Waals surface area contributed by atoms with Crippen molar-refractivity contribution in [3.63, 3.8) is 0 Å². The second-order valence-electron chi connectivity index (χ2n) is 7.36. The van der Waals surface area contributed by atoms with Crippen LogP contribution < -0.4 is 25.0 Å². The Balaban J connectivity index is 1.63. The zero-order valence-corrected chi connectivity index (χ0v) is 18.5. The van der Waals surface area contributed by atoms with Crippen molar-refractivity contribution in [2.75, 3.05) is 26.1 Å². The van der Waals surface area contributed by atoms with Crippen molar-refractivity contribution < 1.29 is 23.4 Å². The molecule has 1 amide bonds. The topological polar surface area (TPSA) is 87.0 Å². The van der Waals surface area contributed by atoms with Gasteiger partial charge in [0.25, 0.3) is 5.91 Å². The number of amides is 1. The molecule has 0 aliphatic rings. The highest BCUT2D eigenvalue weighted by molar-refractivity contribution is 5.92. The molecule has 0 spiro atoms. The molecule has 3 aromatic carbocycles. The van der Waals surface area contributed by atoms with Crippen molar-refractivity contribution in [1.82, 2.24) is 0 Å². The van der Waals surface area contributed by atoms with Gasteiger partial charge in [-0.15, -0.1) is 0 Å². The summed E-state index contributed by atoms with van der Waals surface area (Å²) in [5, 5.41) is 3.11. The van der Waals surface area contributed by atoms with E-state index in [2.05, 4.69) is 5.32 Å². The van der Waals surface area contributed by atoms with E-state index in [1.165, 1.54) is 14.2 Å². The molecule has 1 N–H and O–H groups in total. The molecule has 0 saturated heterocycles. The van der Waals surface area contributed by atoms with Gasteiger partial charge in [0.15, 0.2) is 23.9 Å². The van der Waals surface area contributed by atoms with Crippen molar-refractivity contribution in [3.05, 3.63) is 82.5 Å². The third-order valence-corrected chi connectivity index (χ3v) is 5.06. The van der Waals surface area contributed by atoms with Crippen LogP contribution in [-0.2, 0) is 4.79 Å². The Bertz CT molecular complexity index is 1360. The standard InChI is InChI=1S/C26H23NO6/c1-16-9-11-19-21(13-16)33-25(17-7-5-4-6-8-17)26(24(19)29)32-15-23(28)27-18-10-12-20(30-2)22(14-18)31-3/h4-14H,15H2,1-3H3,(H,27,28). The Morgan fingerprint density at radius 1 is 0.939 bits per heavy atom. The lowest BCUT2D eigenvalue weighted by atomic mass is 10.1. The van der Waals surface area contributed by atoms with Gasteiger partial charge in [-0.2, -0.15) is 0 Å². The number of carbonyl (C=O) groups excluding carboxylic acids is 1. The number of nitrogens with one attached hydrogen (secondary N) is 1. The second-order valence-corrected chi connectivity index (χ2v) is 7.36. The molecule has 0 atom stereocenters. The lowest BCUT2D eigenvalue weighted by Gasteiger charge is -2.13. The van der Waals surface area contributed by atoms with E-state index in [1.54, 1.807) is 30.3 Å². The van der Waals surface area contributed by atoms with Crippen LogP contribution in [0.15, 0.2) is 75.9 Å². The van der Waals surface area contributed by atoms with Gasteiger partial charge in [0.1, 0.15) is 5.58 Å². The molecule has 0 unspecified atom stereocenters. The number of fused-ring (bicyclic) bond motifs is 1. The zero-order valence-electron chi connectivity index (χ0n) is 18.5. The molecule has 4 aromatic rings. The molecule has 1 aromatic heterocycles. The number of carbonyl (C=O) groups is 1. The number of hydrogen-bond donors (Lipinski definition) is 1. The molecule has 0 radical (unpaired) electrons. The van der Waals surface area contributed by atoms with Gasteiger partial charge < -0.3 is 23.9 Å². The van der Waals surface area contributed by atoms with Gasteiger partial charge in [0, 0.05) is 17.3 Å². The fourth-order valence-electron chi connectivity index (χ4n) is 3.44. The van der Waals surface area contributed by atoms with E-state index in [9.17, 15) is 9.59 Å². The third kappa shape index (κ3) is 4.67. The molecular formula is C26H23NO6. The quantitative estimate of drug-likeness (QED) is 0.440. The molecule has 168 valence electrons. The minimum atomic E-state index is -0.440. The average molecular weight is 445 g/mol. The fourth-order valence-corrected chi connectivity index (χ4v) is 3.44. The lowest BCUT2D eigenvalue weighted by Crippen LogP contribution is -2.22. The summed E-state index contributed by atoms with van der Waals surface area (Å²) in [6.07, 6.45) is 0. The van der Waals surface area contributed by atoms with E-state index in [0.29, 0.717) is 33.7 Å². The fraction of sp³-hybridized carbons (Fsp3) is 0.154. The van der Waals surface area contributed by atoms with Gasteiger partial charge in [-0.3, -0.25) is 9.59 Å². The van der Waals surface area contributed by atoms with Crippen LogP contribution in [0.1, 0.15) is 5.56 Å². The van der Waals surface area contributed by atoms with E-state index in [4.69, 9.17) is 18.6 Å². The molecule has 0 aliphatic heterocycles. The molecule has 33 heavy (non-hydrogen) atoms. The first-order chi connectivity index (χ1) is 16.0. The maximum Gasteiger partial charge on any atom is 0.262 e. The number of ether oxygens (including phenoxy) is 3. The Hall–Kier alpha value is -4.26. The normalized spacial score (nSPS) is 10.6. The molecule has 4 rings (SSSR count). The van der Waals surface area contributed by atoms with Crippen LogP contribution in [0.2, 0.25) is 0 Å². The lowest BCUT2D eigenvalue weighted by molar-refractivity contribution is -0.118. The van der Waals surface area contributed by atoms with E-state index in [-0.39, 0.29) is 23.5 Å². The Kier molecular flexibility index (Phi) is 6.31. The van der Waals surface area contributed by atoms with E-state index < -0.39 is 5.91 Å². The van der Waals surface area contributed by atoms with Crippen LogP contribution in [-0.4, -0.2) is 26.7 Å². The monoisotopic (exact) mass is 445 g/mol. The molecule has 0 aliphatic carbocycles. The summed E-state index contributed by atoms with van der Waals surface area (Å²) in [7, 11) is 3.04. The number of aryl methyl sites for hydroxylation is 1. The highest BCUT2D eigenvalue weighted by atomic mass is 16.5. The van der Waals surface area contributed by atoms with Crippen LogP contribution >= 0.6 is 0 Å². The first-order valence-corrected chi connectivity index (χ1v) is 10.3. The van der Waals surface area contributed by atoms with E-state index in [0.717, 1.165) is 5.56 Å². The Morgan fingerprint density at radius 2 is 1.70 bits per heavy atom. The molecule has 1 heterocycles. The van der Waals surface area contributed by atoms with Crippen LogP contribution in [0.3, 0.4) is 0 Å². The van der Waals surface area contributed by atoms with Gasteiger partial charge in [-0.25, -0.2) is 0 Å². The first kappa shape index (κ1) is 22.0. The van der Waals surface area contributed by atoms with Crippen LogP contribution in [0.25, 0.3) is 22.3 Å². The van der Waals surface area contributed by atoms with Gasteiger partial charge in [-0.05, 0) is 36.8 Å². The SMILES string of the molecule is COc1ccc(NC(=O)COc2c(-c3ccccc3)oc3cc(C)ccc3c2=O)cc1OC. The van der Waals surface area contributed by atoms with Crippen LogP contribution in [0.5, 0.6) is 17.2 Å². The van der Waals surface area contributed by atoms with Crippen molar-refractivity contribution in [2.45, 2.75) is 6.92 Å². The molecule has 0 fully saturated rings. The molecular weight excluding hydrogens is 422 g/mol. The molecule has 0 saturated carbocycles. The van der Waals surface area contributed by atoms with Crippen molar-refractivity contribution in [3.8, 4) is 28.6 Å². The summed E-state index contributed by atoms with van der Waals surface area (Å²) in [4.78, 5) is 25.8. The summed E-state index contributed by atoms with van der Waals surface area (Å²) >= 11 is 0. The summed E-state index contributed by atoms with van der Waals surface area (Å²) in [6, 6.07) is 19.5. The first-order valence-electron chi connectivity index (χ1n) is 10.3. The van der Waals surface area contributed by atoms with Gasteiger partial charge in [0.05, 0.1) is 19.6 Å². The average Bonchev–Trinajstić information content (AvgIpc) is 2.83. The number of anilines is 1. The molecule has 0 bridgehead atoms. The molecule has 7 heteroatoms. The summed E-state index contributed by atoms with van der Waals surface area (Å²) in [5.41, 5.74) is 2.27. The predicted octanol–water partition coefficient (Wildman–Crippen LogP) is 4.80. The minimum Gasteiger partial charge on any atom is -0.493 e. The smallest absolute Gasteiger partial charge is 0.262 e.